The van der Waals surface area contributed by atoms with Gasteiger partial charge in [0.2, 0.25) is 5.82 Å². The number of ether oxygens (including phenoxy) is 1. The van der Waals surface area contributed by atoms with E-state index in [1.165, 1.54) is 6.26 Å². The van der Waals surface area contributed by atoms with Crippen LogP contribution in [0, 0.1) is 12.7 Å². The standard InChI is InChI=1S/C23H24FN5O4S/c1-4-17(11-20-25-12-16(24)13-26-20)34(30,31)14-21-27-28-23(19-9-6-10-33-19)29(21)22-15(2)7-5-8-18(22)32-3/h5-10,12-13,17H,4,11,14H2,1-3H3/t17-/m1/s1. The van der Waals surface area contributed by atoms with Gasteiger partial charge in [-0.2, -0.15) is 0 Å². The van der Waals surface area contributed by atoms with E-state index in [1.807, 2.05) is 19.1 Å². The van der Waals surface area contributed by atoms with Crippen molar-refractivity contribution < 1.29 is 22.0 Å². The highest BCUT2D eigenvalue weighted by Crippen LogP contribution is 2.33. The molecule has 1 aromatic carbocycles. The highest BCUT2D eigenvalue weighted by Gasteiger charge is 2.30. The van der Waals surface area contributed by atoms with Crippen molar-refractivity contribution >= 4 is 9.84 Å². The molecule has 0 bridgehead atoms. The largest absolute Gasteiger partial charge is 0.495 e. The molecule has 0 aliphatic carbocycles. The van der Waals surface area contributed by atoms with Crippen LogP contribution in [0.4, 0.5) is 4.39 Å². The van der Waals surface area contributed by atoms with Gasteiger partial charge < -0.3 is 9.15 Å². The Bertz CT molecular complexity index is 1370. The Morgan fingerprint density at radius 1 is 1.15 bits per heavy atom. The second-order valence-electron chi connectivity index (χ2n) is 7.74. The molecule has 0 radical (unpaired) electrons. The first kappa shape index (κ1) is 23.6. The molecule has 0 spiro atoms. The molecule has 11 heteroatoms. The fraction of sp³-hybridized carbons (Fsp3) is 0.304. The second-order valence-corrected chi connectivity index (χ2v) is 10.0. The van der Waals surface area contributed by atoms with Crippen LogP contribution in [0.2, 0.25) is 0 Å². The molecular weight excluding hydrogens is 461 g/mol. The van der Waals surface area contributed by atoms with E-state index in [-0.39, 0.29) is 23.8 Å². The third-order valence-corrected chi connectivity index (χ3v) is 7.67. The third-order valence-electron chi connectivity index (χ3n) is 5.49. The lowest BCUT2D eigenvalue weighted by molar-refractivity contribution is 0.412. The third kappa shape index (κ3) is 4.69. The number of hydrogen-bond acceptors (Lipinski definition) is 8. The van der Waals surface area contributed by atoms with E-state index in [2.05, 4.69) is 20.2 Å². The van der Waals surface area contributed by atoms with Gasteiger partial charge in [-0.3, -0.25) is 4.57 Å². The minimum atomic E-state index is -3.72. The first-order valence-corrected chi connectivity index (χ1v) is 12.4. The maximum Gasteiger partial charge on any atom is 0.204 e. The molecule has 3 heterocycles. The molecule has 34 heavy (non-hydrogen) atoms. The van der Waals surface area contributed by atoms with E-state index in [4.69, 9.17) is 9.15 Å². The molecule has 4 aromatic rings. The van der Waals surface area contributed by atoms with Gasteiger partial charge in [0.05, 0.1) is 36.7 Å². The maximum atomic E-state index is 13.5. The number of benzene rings is 1. The Morgan fingerprint density at radius 2 is 1.91 bits per heavy atom. The van der Waals surface area contributed by atoms with E-state index >= 15 is 0 Å². The Balaban J connectivity index is 1.77. The summed E-state index contributed by atoms with van der Waals surface area (Å²) >= 11 is 0. The van der Waals surface area contributed by atoms with Crippen molar-refractivity contribution in [3.63, 3.8) is 0 Å². The zero-order valence-electron chi connectivity index (χ0n) is 19.0. The highest BCUT2D eigenvalue weighted by atomic mass is 32.2. The lowest BCUT2D eigenvalue weighted by atomic mass is 10.1. The Kier molecular flexibility index (Phi) is 6.73. The fourth-order valence-corrected chi connectivity index (χ4v) is 5.46. The van der Waals surface area contributed by atoms with Crippen molar-refractivity contribution in [1.82, 2.24) is 24.7 Å². The number of para-hydroxylation sites is 1. The summed E-state index contributed by atoms with van der Waals surface area (Å²) in [4.78, 5) is 7.82. The van der Waals surface area contributed by atoms with Crippen LogP contribution >= 0.6 is 0 Å². The summed E-state index contributed by atoms with van der Waals surface area (Å²) in [6, 6.07) is 8.97. The van der Waals surface area contributed by atoms with Gasteiger partial charge in [0, 0.05) is 6.42 Å². The van der Waals surface area contributed by atoms with Crippen molar-refractivity contribution in [3.05, 3.63) is 72.0 Å². The smallest absolute Gasteiger partial charge is 0.204 e. The first-order valence-electron chi connectivity index (χ1n) is 10.6. The number of sulfone groups is 1. The van der Waals surface area contributed by atoms with E-state index in [0.29, 0.717) is 29.4 Å². The molecule has 0 aliphatic rings. The Hall–Kier alpha value is -3.60. The van der Waals surface area contributed by atoms with Crippen molar-refractivity contribution in [3.8, 4) is 23.0 Å². The van der Waals surface area contributed by atoms with Crippen molar-refractivity contribution in [2.24, 2.45) is 0 Å². The first-order chi connectivity index (χ1) is 16.3. The monoisotopic (exact) mass is 485 g/mol. The quantitative estimate of drug-likeness (QED) is 0.353. The number of aryl methyl sites for hydroxylation is 1. The molecule has 0 amide bonds. The molecule has 0 saturated carbocycles. The summed E-state index contributed by atoms with van der Waals surface area (Å²) in [7, 11) is -2.18. The molecule has 9 nitrogen and oxygen atoms in total. The van der Waals surface area contributed by atoms with Gasteiger partial charge in [0.1, 0.15) is 17.3 Å². The van der Waals surface area contributed by atoms with Gasteiger partial charge in [0.25, 0.3) is 0 Å². The Morgan fingerprint density at radius 3 is 2.56 bits per heavy atom. The predicted octanol–water partition coefficient (Wildman–Crippen LogP) is 3.71. The van der Waals surface area contributed by atoms with E-state index < -0.39 is 20.9 Å². The van der Waals surface area contributed by atoms with Crippen molar-refractivity contribution in [1.29, 1.82) is 0 Å². The van der Waals surface area contributed by atoms with Crippen LogP contribution in [-0.4, -0.2) is 45.5 Å². The summed E-state index contributed by atoms with van der Waals surface area (Å²) in [5.74, 6) is 0.861. The zero-order valence-corrected chi connectivity index (χ0v) is 19.8. The van der Waals surface area contributed by atoms with Gasteiger partial charge in [-0.15, -0.1) is 10.2 Å². The van der Waals surface area contributed by atoms with Gasteiger partial charge >= 0.3 is 0 Å². The highest BCUT2D eigenvalue weighted by molar-refractivity contribution is 7.91. The van der Waals surface area contributed by atoms with E-state index in [0.717, 1.165) is 18.0 Å². The number of nitrogens with zero attached hydrogens (tertiary/aromatic N) is 5. The average Bonchev–Trinajstić information content (AvgIpc) is 3.48. The number of rotatable bonds is 9. The zero-order chi connectivity index (χ0) is 24.3. The second kappa shape index (κ2) is 9.72. The van der Waals surface area contributed by atoms with Crippen LogP contribution in [0.3, 0.4) is 0 Å². The number of halogens is 1. The lowest BCUT2D eigenvalue weighted by Gasteiger charge is -2.18. The molecular formula is C23H24FN5O4S. The molecule has 0 N–H and O–H groups in total. The molecule has 0 unspecified atom stereocenters. The van der Waals surface area contributed by atoms with Gasteiger partial charge in [-0.1, -0.05) is 19.1 Å². The van der Waals surface area contributed by atoms with Gasteiger partial charge in [0.15, 0.2) is 27.2 Å². The molecule has 0 fully saturated rings. The minimum absolute atomic E-state index is 0.0615. The van der Waals surface area contributed by atoms with E-state index in [9.17, 15) is 12.8 Å². The summed E-state index contributed by atoms with van der Waals surface area (Å²) in [5, 5.41) is 7.69. The van der Waals surface area contributed by atoms with Crippen molar-refractivity contribution in [2.45, 2.75) is 37.7 Å². The predicted molar refractivity (Wildman–Crippen MR) is 123 cm³/mol. The van der Waals surface area contributed by atoms with Crippen LogP contribution < -0.4 is 4.74 Å². The summed E-state index contributed by atoms with van der Waals surface area (Å²) in [6.45, 7) is 3.66. The number of methoxy groups -OCH3 is 1. The lowest BCUT2D eigenvalue weighted by Crippen LogP contribution is -2.27. The van der Waals surface area contributed by atoms with E-state index in [1.54, 1.807) is 36.8 Å². The average molecular weight is 486 g/mol. The molecule has 4 rings (SSSR count). The molecule has 0 aliphatic heterocycles. The normalized spacial score (nSPS) is 12.6. The summed E-state index contributed by atoms with van der Waals surface area (Å²) in [5.41, 5.74) is 1.47. The van der Waals surface area contributed by atoms with Gasteiger partial charge in [-0.25, -0.2) is 22.8 Å². The van der Waals surface area contributed by atoms with Crippen LogP contribution in [-0.2, 0) is 22.0 Å². The summed E-state index contributed by atoms with van der Waals surface area (Å²) < 4.78 is 52.8. The summed E-state index contributed by atoms with van der Waals surface area (Å²) in [6.07, 6.45) is 3.95. The van der Waals surface area contributed by atoms with Crippen LogP contribution in [0.15, 0.2) is 53.4 Å². The molecule has 0 saturated heterocycles. The Labute approximate surface area is 196 Å². The van der Waals surface area contributed by atoms with Crippen LogP contribution in [0.5, 0.6) is 5.75 Å². The molecule has 3 aromatic heterocycles. The van der Waals surface area contributed by atoms with Crippen molar-refractivity contribution in [2.75, 3.05) is 7.11 Å². The molecule has 178 valence electrons. The fourth-order valence-electron chi connectivity index (χ4n) is 3.76. The van der Waals surface area contributed by atoms with Crippen LogP contribution in [0.25, 0.3) is 17.3 Å². The van der Waals surface area contributed by atoms with Gasteiger partial charge in [-0.05, 0) is 37.1 Å². The SMILES string of the molecule is CC[C@H](Cc1ncc(F)cn1)S(=O)(=O)Cc1nnc(-c2ccco2)n1-c1c(C)cccc1OC. The van der Waals surface area contributed by atoms with Crippen LogP contribution in [0.1, 0.15) is 30.6 Å². The minimum Gasteiger partial charge on any atom is -0.495 e. The molecule has 1 atom stereocenters. The number of hydrogen-bond donors (Lipinski definition) is 0. The number of furan rings is 1. The topological polar surface area (TPSA) is 113 Å². The number of aromatic nitrogens is 5. The maximum absolute atomic E-state index is 13.5.